The minimum absolute atomic E-state index is 0.0877. The lowest BCUT2D eigenvalue weighted by atomic mass is 10.0. The van der Waals surface area contributed by atoms with Crippen LogP contribution in [0, 0.1) is 10.1 Å². The lowest BCUT2D eigenvalue weighted by Crippen LogP contribution is -1.90. The summed E-state index contributed by atoms with van der Waals surface area (Å²) in [4.78, 5) is 10.4. The summed E-state index contributed by atoms with van der Waals surface area (Å²) in [5.74, 6) is 0. The molecule has 0 fully saturated rings. The van der Waals surface area contributed by atoms with Gasteiger partial charge in [0.2, 0.25) is 0 Å². The maximum absolute atomic E-state index is 10.9. The molecule has 0 heterocycles. The van der Waals surface area contributed by atoms with E-state index in [1.807, 2.05) is 0 Å². The zero-order valence-electron chi connectivity index (χ0n) is 9.81. The van der Waals surface area contributed by atoms with Crippen LogP contribution in [-0.2, 0) is 0 Å². The predicted molar refractivity (Wildman–Crippen MR) is 58.5 cm³/mol. The van der Waals surface area contributed by atoms with E-state index < -0.39 is 4.92 Å². The first-order valence-electron chi connectivity index (χ1n) is 5.40. The molecule has 0 aliphatic heterocycles. The molecule has 0 bridgehead atoms. The Balaban J connectivity index is 2.58. The molecule has 2 aromatic carbocycles. The smallest absolute Gasteiger partial charge is 0.258 e. The normalized spacial score (nSPS) is 11.7. The molecule has 0 unspecified atom stereocenters. The van der Waals surface area contributed by atoms with Crippen molar-refractivity contribution in [1.29, 1.82) is 0 Å². The summed E-state index contributed by atoms with van der Waals surface area (Å²) in [6.45, 7) is 0. The first-order chi connectivity index (χ1) is 8.08. The largest absolute Gasteiger partial charge is 0.277 e. The van der Waals surface area contributed by atoms with Gasteiger partial charge in [-0.05, 0) is 11.6 Å². The van der Waals surface area contributed by atoms with Gasteiger partial charge in [0.15, 0.2) is 0 Å². The Morgan fingerprint density at radius 3 is 2.40 bits per heavy atom. The SMILES string of the molecule is [2H]c1ccc(-c2ccc([2H])cc2[N+](=O)[O-])cc1. The zero-order chi connectivity index (χ0) is 12.4. The minimum atomic E-state index is -0.498. The monoisotopic (exact) mass is 201 g/mol. The quantitative estimate of drug-likeness (QED) is 0.552. The average Bonchev–Trinajstić information content (AvgIpc) is 2.30. The van der Waals surface area contributed by atoms with Crippen LogP contribution in [0.5, 0.6) is 0 Å². The third-order valence-corrected chi connectivity index (χ3v) is 2.07. The Morgan fingerprint density at radius 1 is 1.07 bits per heavy atom. The van der Waals surface area contributed by atoms with Gasteiger partial charge in [-0.15, -0.1) is 0 Å². The van der Waals surface area contributed by atoms with E-state index in [2.05, 4.69) is 0 Å². The van der Waals surface area contributed by atoms with Crippen molar-refractivity contribution in [2.24, 2.45) is 0 Å². The molecular formula is C12H9NO2. The Labute approximate surface area is 90.0 Å². The number of nitro groups is 1. The first kappa shape index (κ1) is 7.17. The number of para-hydroxylation sites is 1. The van der Waals surface area contributed by atoms with Gasteiger partial charge in [-0.1, -0.05) is 42.4 Å². The topological polar surface area (TPSA) is 43.1 Å². The fourth-order valence-corrected chi connectivity index (χ4v) is 1.38. The van der Waals surface area contributed by atoms with Gasteiger partial charge in [-0.3, -0.25) is 10.1 Å². The number of benzene rings is 2. The summed E-state index contributed by atoms with van der Waals surface area (Å²) in [7, 11) is 0. The summed E-state index contributed by atoms with van der Waals surface area (Å²) < 4.78 is 14.8. The van der Waals surface area contributed by atoms with Crippen molar-refractivity contribution < 1.29 is 7.66 Å². The van der Waals surface area contributed by atoms with Crippen LogP contribution in [0.1, 0.15) is 2.74 Å². The molecule has 3 heteroatoms. The average molecular weight is 201 g/mol. The Kier molecular flexibility index (Phi) is 1.87. The van der Waals surface area contributed by atoms with Crippen LogP contribution in [0.2, 0.25) is 0 Å². The third kappa shape index (κ3) is 1.86. The fourth-order valence-electron chi connectivity index (χ4n) is 1.38. The van der Waals surface area contributed by atoms with E-state index in [0.29, 0.717) is 17.2 Å². The molecule has 0 N–H and O–H groups in total. The van der Waals surface area contributed by atoms with E-state index >= 15 is 0 Å². The van der Waals surface area contributed by atoms with Crippen LogP contribution in [0.15, 0.2) is 54.5 Å². The second-order valence-corrected chi connectivity index (χ2v) is 2.99. The van der Waals surface area contributed by atoms with Crippen LogP contribution in [-0.4, -0.2) is 4.92 Å². The number of nitrogens with zero attached hydrogens (tertiary/aromatic N) is 1. The van der Waals surface area contributed by atoms with Gasteiger partial charge >= 0.3 is 0 Å². The molecule has 0 radical (unpaired) electrons. The Hall–Kier alpha value is -2.16. The van der Waals surface area contributed by atoms with Crippen LogP contribution >= 0.6 is 0 Å². The maximum Gasteiger partial charge on any atom is 0.277 e. The van der Waals surface area contributed by atoms with E-state index in [4.69, 9.17) is 2.74 Å². The van der Waals surface area contributed by atoms with Crippen molar-refractivity contribution in [3.8, 4) is 11.1 Å². The van der Waals surface area contributed by atoms with Gasteiger partial charge in [0.05, 0.1) is 13.2 Å². The minimum Gasteiger partial charge on any atom is -0.258 e. The van der Waals surface area contributed by atoms with Crippen LogP contribution < -0.4 is 0 Å². The second-order valence-electron chi connectivity index (χ2n) is 2.99. The molecule has 3 nitrogen and oxygen atoms in total. The molecule has 0 saturated carbocycles. The maximum atomic E-state index is 10.9. The summed E-state index contributed by atoms with van der Waals surface area (Å²) in [5.41, 5.74) is 1.05. The van der Waals surface area contributed by atoms with Gasteiger partial charge in [0, 0.05) is 6.07 Å². The van der Waals surface area contributed by atoms with Crippen LogP contribution in [0.4, 0.5) is 5.69 Å². The van der Waals surface area contributed by atoms with Gasteiger partial charge in [0.1, 0.15) is 0 Å². The Morgan fingerprint density at radius 2 is 1.73 bits per heavy atom. The summed E-state index contributed by atoms with van der Waals surface area (Å²) in [6, 6.07) is 11.2. The highest BCUT2D eigenvalue weighted by atomic mass is 16.6. The summed E-state index contributed by atoms with van der Waals surface area (Å²) in [5, 5.41) is 10.9. The lowest BCUT2D eigenvalue weighted by molar-refractivity contribution is -0.384. The molecule has 0 aromatic heterocycles. The summed E-state index contributed by atoms with van der Waals surface area (Å²) >= 11 is 0. The number of hydrogen-bond acceptors (Lipinski definition) is 2. The van der Waals surface area contributed by atoms with Crippen molar-refractivity contribution >= 4 is 5.69 Å². The number of nitro benzene ring substituents is 1. The first-order valence-corrected chi connectivity index (χ1v) is 4.40. The molecule has 15 heavy (non-hydrogen) atoms. The second kappa shape index (κ2) is 3.92. The highest BCUT2D eigenvalue weighted by Crippen LogP contribution is 2.28. The third-order valence-electron chi connectivity index (χ3n) is 2.07. The molecule has 0 aliphatic carbocycles. The van der Waals surface area contributed by atoms with E-state index in [1.165, 1.54) is 12.1 Å². The van der Waals surface area contributed by atoms with E-state index in [9.17, 15) is 10.1 Å². The molecular weight excluding hydrogens is 190 g/mol. The molecule has 2 rings (SSSR count). The molecule has 0 atom stereocenters. The van der Waals surface area contributed by atoms with Gasteiger partial charge in [-0.2, -0.15) is 0 Å². The van der Waals surface area contributed by atoms with Crippen molar-refractivity contribution in [2.45, 2.75) is 0 Å². The van der Waals surface area contributed by atoms with Crippen LogP contribution in [0.25, 0.3) is 11.1 Å². The molecule has 2 aromatic rings. The van der Waals surface area contributed by atoms with Crippen molar-refractivity contribution in [3.05, 3.63) is 64.7 Å². The van der Waals surface area contributed by atoms with Gasteiger partial charge in [-0.25, -0.2) is 0 Å². The zero-order valence-corrected chi connectivity index (χ0v) is 7.81. The summed E-state index contributed by atoms with van der Waals surface area (Å²) in [6.07, 6.45) is 0. The molecule has 74 valence electrons. The number of hydrogen-bond donors (Lipinski definition) is 0. The van der Waals surface area contributed by atoms with Gasteiger partial charge in [0.25, 0.3) is 5.69 Å². The molecule has 0 aliphatic rings. The molecule has 0 amide bonds. The van der Waals surface area contributed by atoms with Crippen molar-refractivity contribution in [2.75, 3.05) is 0 Å². The van der Waals surface area contributed by atoms with Crippen LogP contribution in [0.3, 0.4) is 0 Å². The highest BCUT2D eigenvalue weighted by Gasteiger charge is 2.12. The van der Waals surface area contributed by atoms with Gasteiger partial charge < -0.3 is 0 Å². The van der Waals surface area contributed by atoms with Crippen molar-refractivity contribution in [1.82, 2.24) is 0 Å². The number of rotatable bonds is 2. The van der Waals surface area contributed by atoms with E-state index in [1.54, 1.807) is 30.3 Å². The Bertz CT molecular complexity index is 567. The van der Waals surface area contributed by atoms with E-state index in [-0.39, 0.29) is 11.7 Å². The standard InChI is InChI=1S/C12H9NO2/c14-13(15)12-9-5-4-8-11(12)10-6-2-1-3-7-10/h1-9H/i1D,5D. The van der Waals surface area contributed by atoms with Crippen molar-refractivity contribution in [3.63, 3.8) is 0 Å². The molecule has 0 saturated heterocycles. The highest BCUT2D eigenvalue weighted by molar-refractivity contribution is 5.73. The lowest BCUT2D eigenvalue weighted by Gasteiger charge is -2.01. The predicted octanol–water partition coefficient (Wildman–Crippen LogP) is 3.26. The molecule has 0 spiro atoms. The van der Waals surface area contributed by atoms with E-state index in [0.717, 1.165) is 0 Å². The fraction of sp³-hybridized carbons (Fsp3) is 0.